The molecule has 0 saturated heterocycles. The molecule has 0 aromatic rings. The smallest absolute Gasteiger partial charge is 0.218 e. The van der Waals surface area contributed by atoms with E-state index < -0.39 is 248 Å². The Morgan fingerprint density at radius 2 is 0.333 bits per heavy atom. The minimum atomic E-state index is -6.35. The van der Waals surface area contributed by atoms with Gasteiger partial charge in [-0.3, -0.25) is 60.0 Å². The fourth-order valence-electron chi connectivity index (χ4n) is 10.00. The summed E-state index contributed by atoms with van der Waals surface area (Å²) in [5.41, 5.74) is 0. The van der Waals surface area contributed by atoms with Gasteiger partial charge in [-0.25, -0.2) is 101 Å². The highest BCUT2D eigenvalue weighted by molar-refractivity contribution is 7.83. The highest BCUT2D eigenvalue weighted by Gasteiger charge is 2.53. The van der Waals surface area contributed by atoms with Crippen LogP contribution in [-0.2, 0) is 175 Å². The highest BCUT2D eigenvalue weighted by Crippen LogP contribution is 2.38. The summed E-state index contributed by atoms with van der Waals surface area (Å²) in [5, 5.41) is 0. The molecule has 4 aliphatic carbocycles. The van der Waals surface area contributed by atoms with Crippen LogP contribution in [0.25, 0.3) is 0 Å². The molecule has 0 amide bonds. The summed E-state index contributed by atoms with van der Waals surface area (Å²) in [6.07, 6.45) is -34.1. The van der Waals surface area contributed by atoms with Crippen LogP contribution < -0.4 is 0 Å². The highest BCUT2D eigenvalue weighted by atomic mass is 32.3. The molecule has 0 aromatic heterocycles. The fourth-order valence-corrected chi connectivity index (χ4v) is 15.7. The minimum absolute atomic E-state index is 0.00128. The van der Waals surface area contributed by atoms with Gasteiger partial charge in [0, 0.05) is 0 Å². The van der Waals surface area contributed by atoms with Crippen LogP contribution in [-0.4, -0.2) is 276 Å². The first-order valence-corrected chi connectivity index (χ1v) is 41.0. The Kier molecular flexibility index (Phi) is 29.2. The zero-order chi connectivity index (χ0) is 73.6. The maximum absolute atomic E-state index is 12.2. The van der Waals surface area contributed by atoms with E-state index in [2.05, 4.69) is 50.2 Å². The van der Waals surface area contributed by atoms with Crippen LogP contribution in [0.15, 0.2) is 48.6 Å². The van der Waals surface area contributed by atoms with Gasteiger partial charge >= 0.3 is 0 Å². The lowest BCUT2D eigenvalue weighted by Crippen LogP contribution is -2.64. The quantitative estimate of drug-likeness (QED) is 0.0239. The zero-order valence-corrected chi connectivity index (χ0v) is 56.1. The molecule has 0 spiro atoms. The Morgan fingerprint density at radius 1 is 0.198 bits per heavy atom. The molecule has 62 heteroatoms. The summed E-state index contributed by atoms with van der Waals surface area (Å²) in [4.78, 5) is 1.03. The second-order valence-electron chi connectivity index (χ2n) is 19.4. The topological polar surface area (TPSA) is 804 Å². The van der Waals surface area contributed by atoms with E-state index in [1.807, 2.05) is 0 Å². The molecular weight excluding hydrogens is 1590 g/mol. The Balaban J connectivity index is 1.78. The van der Waals surface area contributed by atoms with E-state index in [1.54, 1.807) is 0 Å². The Bertz CT molecular complexity index is 3750. The maximum Gasteiger partial charge on any atom is 0.218 e. The number of nitrogens with zero attached hydrogens (tertiary/aromatic N) is 2. The van der Waals surface area contributed by atoms with Gasteiger partial charge in [0.05, 0.1) is 24.2 Å². The lowest BCUT2D eigenvalue weighted by molar-refractivity contribution is -0.0832. The van der Waals surface area contributed by atoms with Crippen LogP contribution in [0.4, 0.5) is 0 Å². The molecular formula is C34H44N2O48S12-12. The Morgan fingerprint density at radius 3 is 0.479 bits per heavy atom. The van der Waals surface area contributed by atoms with Crippen molar-refractivity contribution in [1.29, 1.82) is 0 Å². The van der Waals surface area contributed by atoms with Gasteiger partial charge in [-0.2, -0.15) is 0 Å². The summed E-state index contributed by atoms with van der Waals surface area (Å²) in [7, 11) is -74.9. The van der Waals surface area contributed by atoms with E-state index >= 15 is 0 Å². The molecule has 4 rings (SSSR count). The van der Waals surface area contributed by atoms with Gasteiger partial charge in [0.15, 0.2) is 0 Å². The second kappa shape index (κ2) is 32.8. The standard InChI is InChI=1S/C34H56N2O48S12/c37-85(38,39)73-23-13-9-19(27(77-89(49,50)51)31(23)81-93(61,62)63)35(20-10-14-24(74-86(40,41)42)32(82-94(64,65)66)28(20)78-90(52,53)54)17-7-5-3-1-2-4-6-8-18-36(21-11-15-25(75-87(43,44)45)33(83-95(67,68)69)29(21)79-91(55,56)57)22-12-16-26(76-88(46,47)48)34(84-96(70,71)72)30(22)80-92(58,59)60/h9-16,19-34H,1-8,17-18H2,(H,37,38,39)(H,40,41,42)(H,43,44,45)(H,46,47,48)(H,49,50,51)(H,52,53,54)(H,55,56,57)(H,58,59,60)(H,61,62,63)(H,64,65,66)(H,67,68,69)(H,70,71,72)/p-12/t19-,20-,21-,22-,23+,24+,25+,26+,27+,28+,29+,30+,31+,32+,33+,34+/m0/s1. The van der Waals surface area contributed by atoms with E-state index in [-0.39, 0.29) is 38.5 Å². The summed E-state index contributed by atoms with van der Waals surface area (Å²) in [6.45, 7) is -1.83. The predicted molar refractivity (Wildman–Crippen MR) is 277 cm³/mol. The van der Waals surface area contributed by atoms with Crippen molar-refractivity contribution >= 4 is 125 Å². The van der Waals surface area contributed by atoms with Crippen LogP contribution in [0.2, 0.25) is 0 Å². The van der Waals surface area contributed by atoms with Gasteiger partial charge < -0.3 is 54.6 Å². The molecule has 0 radical (unpaired) electrons. The monoisotopic (exact) mass is 1630 g/mol. The molecule has 0 fully saturated rings. The van der Waals surface area contributed by atoms with E-state index in [4.69, 9.17) is 0 Å². The summed E-state index contributed by atoms with van der Waals surface area (Å²) < 4.78 is 481. The van der Waals surface area contributed by atoms with Gasteiger partial charge in [-0.15, -0.1) is 0 Å². The largest absolute Gasteiger partial charge is 0.726 e. The van der Waals surface area contributed by atoms with Crippen LogP contribution in [0, 0.1) is 0 Å². The molecule has 0 heterocycles. The van der Waals surface area contributed by atoms with Crippen molar-refractivity contribution in [2.75, 3.05) is 13.1 Å². The third-order valence-electron chi connectivity index (χ3n) is 12.8. The van der Waals surface area contributed by atoms with Gasteiger partial charge in [0.1, 0.15) is 73.2 Å². The van der Waals surface area contributed by atoms with E-state index in [0.717, 1.165) is 0 Å². The minimum Gasteiger partial charge on any atom is -0.726 e. The molecule has 50 nitrogen and oxygen atoms in total. The van der Waals surface area contributed by atoms with Crippen LogP contribution in [0.5, 0.6) is 0 Å². The van der Waals surface area contributed by atoms with E-state index in [9.17, 15) is 156 Å². The van der Waals surface area contributed by atoms with Crippen LogP contribution in [0.1, 0.15) is 51.4 Å². The number of hydrogen-bond donors (Lipinski definition) is 0. The first kappa shape index (κ1) is 85.7. The molecule has 16 atom stereocenters. The molecule has 0 unspecified atom stereocenters. The molecule has 562 valence electrons. The van der Waals surface area contributed by atoms with Crippen LogP contribution >= 0.6 is 0 Å². The van der Waals surface area contributed by atoms with Gasteiger partial charge in [-0.05, 0) is 25.9 Å². The van der Waals surface area contributed by atoms with Crippen molar-refractivity contribution in [2.45, 2.75) is 149 Å². The van der Waals surface area contributed by atoms with Crippen molar-refractivity contribution in [3.05, 3.63) is 48.6 Å². The number of hydrogen-bond acceptors (Lipinski definition) is 50. The Labute approximate surface area is 547 Å². The molecule has 0 bridgehead atoms. The molecule has 0 aliphatic heterocycles. The molecule has 0 aromatic carbocycles. The average Bonchev–Trinajstić information content (AvgIpc) is 0.763. The molecule has 96 heavy (non-hydrogen) atoms. The summed E-state index contributed by atoms with van der Waals surface area (Å²) >= 11 is 0. The van der Waals surface area contributed by atoms with Crippen molar-refractivity contribution in [3.8, 4) is 0 Å². The summed E-state index contributed by atoms with van der Waals surface area (Å²) in [5.74, 6) is 0. The van der Waals surface area contributed by atoms with Gasteiger partial charge in [-0.1, -0.05) is 87.1 Å². The maximum atomic E-state index is 12.2. The lowest BCUT2D eigenvalue weighted by Gasteiger charge is -2.48. The molecule has 0 saturated carbocycles. The molecule has 0 N–H and O–H groups in total. The summed E-state index contributed by atoms with van der Waals surface area (Å²) in [6, 6.07) is -9.71. The number of unbranched alkanes of at least 4 members (excludes halogenated alkanes) is 7. The number of rotatable bonds is 39. The third-order valence-corrected chi connectivity index (χ3v) is 18.3. The van der Waals surface area contributed by atoms with Gasteiger partial charge in [0.25, 0.3) is 0 Å². The fraction of sp³-hybridized carbons (Fsp3) is 0.765. The average molecular weight is 1630 g/mol. The Hall–Kier alpha value is -2.68. The second-order valence-corrected chi connectivity index (χ2v) is 31.5. The van der Waals surface area contributed by atoms with Gasteiger partial charge in [0.2, 0.25) is 125 Å². The van der Waals surface area contributed by atoms with Crippen LogP contribution in [0.3, 0.4) is 0 Å². The first-order valence-electron chi connectivity index (χ1n) is 25.0. The zero-order valence-electron chi connectivity index (χ0n) is 46.3. The normalized spacial score (nSPS) is 29.5. The SMILES string of the molecule is O=S(=O)([O-])O[C@H]1[C@H](OS(=O)(=O)[O-])[C@@H](N(CCCCCCCCCCN([C@H]2C=C[C@@H](OS(=O)(=O)[O-])[C@@H](OS(=O)(=O)[O-])[C@@H]2OS(=O)(=O)[O-])[C@H]2C=C[C@@H](OS(=O)(=O)[O-])[C@@H](OS(=O)(=O)[O-])[C@@H]2OS(=O)(=O)[O-])[C@H]2C=C[C@@H](OS(=O)(=O)[O-])[C@@H](OS(=O)(=O)[O-])[C@@H]2OS(=O)(=O)[O-])C=C[C@H]1OS(=O)(=O)[O-]. The van der Waals surface area contributed by atoms with Crippen molar-refractivity contribution in [3.63, 3.8) is 0 Å². The first-order chi connectivity index (χ1) is 43.1. The van der Waals surface area contributed by atoms with E-state index in [0.29, 0.717) is 58.4 Å². The van der Waals surface area contributed by atoms with Crippen molar-refractivity contribution < 1.29 is 206 Å². The van der Waals surface area contributed by atoms with Crippen molar-refractivity contribution in [2.24, 2.45) is 0 Å². The molecule has 4 aliphatic rings. The van der Waals surface area contributed by atoms with E-state index in [1.165, 1.54) is 0 Å². The third kappa shape index (κ3) is 31.3. The predicted octanol–water partition coefficient (Wildman–Crippen LogP) is -9.39. The lowest BCUT2D eigenvalue weighted by atomic mass is 9.87. The van der Waals surface area contributed by atoms with Crippen molar-refractivity contribution in [1.82, 2.24) is 9.80 Å².